The Bertz CT molecular complexity index is 622. The number of likely N-dealkylation sites (tertiary alicyclic amines) is 1. The topological polar surface area (TPSA) is 77.0 Å². The molecule has 1 saturated heterocycles. The zero-order valence-electron chi connectivity index (χ0n) is 13.5. The van der Waals surface area contributed by atoms with Gasteiger partial charge in [-0.2, -0.15) is 10.1 Å². The molecule has 0 saturated carbocycles. The number of hydrogen-bond acceptors (Lipinski definition) is 5. The molecule has 2 aromatic rings. The summed E-state index contributed by atoms with van der Waals surface area (Å²) in [5, 5.41) is 8.11. The summed E-state index contributed by atoms with van der Waals surface area (Å²) in [6.45, 7) is 3.62. The molecule has 1 atom stereocenters. The molecule has 0 bridgehead atoms. The first-order valence-electron chi connectivity index (χ1n) is 8.34. The van der Waals surface area contributed by atoms with Crippen LogP contribution < -0.4 is 0 Å². The smallest absolute Gasteiger partial charge is 0.226 e. The average molecular weight is 317 g/mol. The molecule has 0 aliphatic carbocycles. The summed E-state index contributed by atoms with van der Waals surface area (Å²) in [7, 11) is 0. The molecule has 0 unspecified atom stereocenters. The maximum Gasteiger partial charge on any atom is 0.226 e. The lowest BCUT2D eigenvalue weighted by atomic mass is 10.2. The SMILES string of the molecule is CCc1noc(CCCC(=O)N2CCC[C@@H]2Cn2cccn2)n1. The van der Waals surface area contributed by atoms with Crippen molar-refractivity contribution in [3.63, 3.8) is 0 Å². The maximum atomic E-state index is 12.5. The van der Waals surface area contributed by atoms with Crippen LogP contribution >= 0.6 is 0 Å². The molecule has 3 rings (SSSR count). The van der Waals surface area contributed by atoms with E-state index in [1.165, 1.54) is 0 Å². The van der Waals surface area contributed by atoms with E-state index in [9.17, 15) is 4.79 Å². The second-order valence-corrected chi connectivity index (χ2v) is 5.92. The molecule has 1 fully saturated rings. The Morgan fingerprint density at radius 1 is 1.48 bits per heavy atom. The third-order valence-corrected chi connectivity index (χ3v) is 4.26. The molecule has 7 heteroatoms. The molecule has 0 aromatic carbocycles. The molecule has 2 aromatic heterocycles. The minimum atomic E-state index is 0.217. The van der Waals surface area contributed by atoms with Crippen LogP contribution in [0.3, 0.4) is 0 Å². The van der Waals surface area contributed by atoms with Crippen LogP contribution in [0.25, 0.3) is 0 Å². The predicted octanol–water partition coefficient (Wildman–Crippen LogP) is 1.84. The second kappa shape index (κ2) is 7.39. The van der Waals surface area contributed by atoms with Gasteiger partial charge in [-0.05, 0) is 25.3 Å². The van der Waals surface area contributed by atoms with Gasteiger partial charge in [-0.1, -0.05) is 12.1 Å². The van der Waals surface area contributed by atoms with Crippen LogP contribution in [-0.2, 0) is 24.2 Å². The molecule has 0 radical (unpaired) electrons. The first-order valence-corrected chi connectivity index (χ1v) is 8.34. The van der Waals surface area contributed by atoms with E-state index in [4.69, 9.17) is 4.52 Å². The molecular formula is C16H23N5O2. The van der Waals surface area contributed by atoms with Crippen molar-refractivity contribution in [2.24, 2.45) is 0 Å². The molecular weight excluding hydrogens is 294 g/mol. The highest BCUT2D eigenvalue weighted by atomic mass is 16.5. The summed E-state index contributed by atoms with van der Waals surface area (Å²) < 4.78 is 7.06. The number of nitrogens with zero attached hydrogens (tertiary/aromatic N) is 5. The number of aromatic nitrogens is 4. The van der Waals surface area contributed by atoms with Gasteiger partial charge in [-0.25, -0.2) is 0 Å². The van der Waals surface area contributed by atoms with E-state index >= 15 is 0 Å². The molecule has 7 nitrogen and oxygen atoms in total. The number of aryl methyl sites for hydroxylation is 2. The van der Waals surface area contributed by atoms with Gasteiger partial charge < -0.3 is 9.42 Å². The Morgan fingerprint density at radius 2 is 2.39 bits per heavy atom. The summed E-state index contributed by atoms with van der Waals surface area (Å²) in [6, 6.07) is 2.17. The summed E-state index contributed by atoms with van der Waals surface area (Å²) in [4.78, 5) is 18.7. The van der Waals surface area contributed by atoms with Gasteiger partial charge in [-0.15, -0.1) is 0 Å². The zero-order valence-corrected chi connectivity index (χ0v) is 13.5. The Kier molecular flexibility index (Phi) is 5.05. The fourth-order valence-electron chi connectivity index (χ4n) is 3.05. The third-order valence-electron chi connectivity index (χ3n) is 4.26. The van der Waals surface area contributed by atoms with Gasteiger partial charge in [0.2, 0.25) is 11.8 Å². The van der Waals surface area contributed by atoms with Crippen LogP contribution in [0.1, 0.15) is 44.3 Å². The van der Waals surface area contributed by atoms with E-state index in [1.54, 1.807) is 6.20 Å². The van der Waals surface area contributed by atoms with Gasteiger partial charge in [0.1, 0.15) is 0 Å². The van der Waals surface area contributed by atoms with Crippen molar-refractivity contribution in [3.8, 4) is 0 Å². The second-order valence-electron chi connectivity index (χ2n) is 5.92. The number of carbonyl (C=O) groups excluding carboxylic acids is 1. The third kappa shape index (κ3) is 3.97. The number of carbonyl (C=O) groups is 1. The van der Waals surface area contributed by atoms with Gasteiger partial charge in [0.15, 0.2) is 5.82 Å². The Labute approximate surface area is 135 Å². The predicted molar refractivity (Wildman–Crippen MR) is 83.6 cm³/mol. The van der Waals surface area contributed by atoms with Crippen LogP contribution in [0.4, 0.5) is 0 Å². The van der Waals surface area contributed by atoms with Gasteiger partial charge in [0.05, 0.1) is 12.6 Å². The van der Waals surface area contributed by atoms with Crippen LogP contribution in [0.5, 0.6) is 0 Å². The van der Waals surface area contributed by atoms with Gasteiger partial charge in [-0.3, -0.25) is 9.48 Å². The van der Waals surface area contributed by atoms with Crippen molar-refractivity contribution in [2.75, 3.05) is 6.54 Å². The van der Waals surface area contributed by atoms with E-state index in [0.717, 1.165) is 44.6 Å². The van der Waals surface area contributed by atoms with Gasteiger partial charge >= 0.3 is 0 Å². The van der Waals surface area contributed by atoms with Crippen molar-refractivity contribution in [2.45, 2.75) is 58.0 Å². The van der Waals surface area contributed by atoms with E-state index in [2.05, 4.69) is 15.2 Å². The summed E-state index contributed by atoms with van der Waals surface area (Å²) in [5.41, 5.74) is 0. The molecule has 1 aliphatic rings. The lowest BCUT2D eigenvalue weighted by Gasteiger charge is -2.24. The van der Waals surface area contributed by atoms with Gasteiger partial charge in [0.25, 0.3) is 0 Å². The number of rotatable bonds is 7. The van der Waals surface area contributed by atoms with Crippen molar-refractivity contribution in [3.05, 3.63) is 30.2 Å². The normalized spacial score (nSPS) is 17.8. The van der Waals surface area contributed by atoms with Crippen molar-refractivity contribution >= 4 is 5.91 Å². The first kappa shape index (κ1) is 15.7. The molecule has 1 amide bonds. The molecule has 0 spiro atoms. The Morgan fingerprint density at radius 3 is 3.13 bits per heavy atom. The quantitative estimate of drug-likeness (QED) is 0.779. The average Bonchev–Trinajstić information content (AvgIpc) is 3.28. The largest absolute Gasteiger partial charge is 0.339 e. The molecule has 0 N–H and O–H groups in total. The monoisotopic (exact) mass is 317 g/mol. The zero-order chi connectivity index (χ0) is 16.1. The van der Waals surface area contributed by atoms with E-state index < -0.39 is 0 Å². The Hall–Kier alpha value is -2.18. The van der Waals surface area contributed by atoms with E-state index in [0.29, 0.717) is 18.7 Å². The highest BCUT2D eigenvalue weighted by Crippen LogP contribution is 2.20. The number of hydrogen-bond donors (Lipinski definition) is 0. The maximum absolute atomic E-state index is 12.5. The first-order chi connectivity index (χ1) is 11.3. The number of amides is 1. The summed E-state index contributed by atoms with van der Waals surface area (Å²) in [5.74, 6) is 1.57. The minimum absolute atomic E-state index is 0.217. The van der Waals surface area contributed by atoms with E-state index in [-0.39, 0.29) is 11.9 Å². The fraction of sp³-hybridized carbons (Fsp3) is 0.625. The van der Waals surface area contributed by atoms with Gasteiger partial charge in [0, 0.05) is 38.2 Å². The highest BCUT2D eigenvalue weighted by Gasteiger charge is 2.28. The van der Waals surface area contributed by atoms with Crippen LogP contribution in [0.2, 0.25) is 0 Å². The lowest BCUT2D eigenvalue weighted by Crippen LogP contribution is -2.38. The van der Waals surface area contributed by atoms with E-state index in [1.807, 2.05) is 28.8 Å². The van der Waals surface area contributed by atoms with Crippen LogP contribution in [0.15, 0.2) is 23.0 Å². The molecule has 23 heavy (non-hydrogen) atoms. The molecule has 3 heterocycles. The van der Waals surface area contributed by atoms with Crippen molar-refractivity contribution in [1.29, 1.82) is 0 Å². The van der Waals surface area contributed by atoms with Crippen molar-refractivity contribution in [1.82, 2.24) is 24.8 Å². The molecule has 1 aliphatic heterocycles. The van der Waals surface area contributed by atoms with Crippen LogP contribution in [0, 0.1) is 0 Å². The summed E-state index contributed by atoms with van der Waals surface area (Å²) >= 11 is 0. The van der Waals surface area contributed by atoms with Crippen LogP contribution in [-0.4, -0.2) is 43.3 Å². The Balaban J connectivity index is 1.47. The fourth-order valence-corrected chi connectivity index (χ4v) is 3.05. The minimum Gasteiger partial charge on any atom is -0.339 e. The highest BCUT2D eigenvalue weighted by molar-refractivity contribution is 5.76. The molecule has 124 valence electrons. The van der Waals surface area contributed by atoms with Crippen molar-refractivity contribution < 1.29 is 9.32 Å². The lowest BCUT2D eigenvalue weighted by molar-refractivity contribution is -0.132. The standard InChI is InChI=1S/C16H23N5O2/c1-2-14-18-15(23-19-14)7-3-8-16(22)21-11-4-6-13(21)12-20-10-5-9-17-20/h5,9-10,13H,2-4,6-8,11-12H2,1H3/t13-/m1/s1. The summed E-state index contributed by atoms with van der Waals surface area (Å²) in [6.07, 6.45) is 8.55.